The number of ether oxygens (including phenoxy) is 1. The van der Waals surface area contributed by atoms with E-state index in [1.165, 1.54) is 12.4 Å². The van der Waals surface area contributed by atoms with E-state index >= 15 is 0 Å². The van der Waals surface area contributed by atoms with Crippen molar-refractivity contribution >= 4 is 34.2 Å². The van der Waals surface area contributed by atoms with Gasteiger partial charge in [-0.2, -0.15) is 5.10 Å². The number of carbonyl (C=O) groups excluding carboxylic acids is 2. The van der Waals surface area contributed by atoms with E-state index in [0.29, 0.717) is 34.9 Å². The molecule has 0 bridgehead atoms. The summed E-state index contributed by atoms with van der Waals surface area (Å²) in [5, 5.41) is 10.0. The van der Waals surface area contributed by atoms with E-state index in [-0.39, 0.29) is 12.1 Å². The molecule has 4 heterocycles. The molecule has 150 valence electrons. The van der Waals surface area contributed by atoms with Gasteiger partial charge in [0.1, 0.15) is 5.82 Å². The summed E-state index contributed by atoms with van der Waals surface area (Å²) in [6.07, 6.45) is 7.96. The first-order valence-corrected chi connectivity index (χ1v) is 9.85. The van der Waals surface area contributed by atoms with Crippen LogP contribution >= 0.6 is 0 Å². The summed E-state index contributed by atoms with van der Waals surface area (Å²) < 4.78 is 5.93. The molecule has 4 rings (SSSR count). The number of pyridine rings is 1. The summed E-state index contributed by atoms with van der Waals surface area (Å²) in [7, 11) is 0. The van der Waals surface area contributed by atoms with Crippen molar-refractivity contribution < 1.29 is 14.3 Å². The highest BCUT2D eigenvalue weighted by Gasteiger charge is 2.38. The monoisotopic (exact) mass is 386 g/mol. The van der Waals surface area contributed by atoms with Crippen LogP contribution < -0.4 is 11.1 Å². The minimum atomic E-state index is -0.683. The minimum absolute atomic E-state index is 0.00973. The Kier molecular flexibility index (Phi) is 5.17. The van der Waals surface area contributed by atoms with Crippen LogP contribution in [0.1, 0.15) is 39.0 Å². The third kappa shape index (κ3) is 3.54. The molecule has 2 saturated heterocycles. The van der Waals surface area contributed by atoms with Crippen molar-refractivity contribution in [2.45, 2.75) is 51.2 Å². The number of amides is 2. The van der Waals surface area contributed by atoms with Gasteiger partial charge in [-0.25, -0.2) is 4.98 Å². The molecular weight excluding hydrogens is 360 g/mol. The van der Waals surface area contributed by atoms with Gasteiger partial charge in [0.25, 0.3) is 0 Å². The smallest absolute Gasteiger partial charge is 0.314 e. The number of nitrogen functional groups attached to an aromatic ring is 1. The van der Waals surface area contributed by atoms with Gasteiger partial charge in [-0.3, -0.25) is 14.7 Å². The van der Waals surface area contributed by atoms with Gasteiger partial charge in [0.2, 0.25) is 0 Å². The predicted octanol–water partition coefficient (Wildman–Crippen LogP) is 1.67. The van der Waals surface area contributed by atoms with Crippen LogP contribution in [0.2, 0.25) is 0 Å². The summed E-state index contributed by atoms with van der Waals surface area (Å²) in [4.78, 5) is 31.6. The summed E-state index contributed by atoms with van der Waals surface area (Å²) in [5.74, 6) is -0.547. The van der Waals surface area contributed by atoms with Crippen molar-refractivity contribution in [3.05, 3.63) is 12.4 Å². The molecule has 9 nitrogen and oxygen atoms in total. The third-order valence-corrected chi connectivity index (χ3v) is 5.73. The number of nitrogens with zero attached hydrogens (tertiary/aromatic N) is 3. The zero-order valence-corrected chi connectivity index (χ0v) is 16.0. The van der Waals surface area contributed by atoms with E-state index in [1.807, 2.05) is 0 Å². The number of hydrogen-bond donors (Lipinski definition) is 3. The van der Waals surface area contributed by atoms with Gasteiger partial charge in [0, 0.05) is 13.2 Å². The summed E-state index contributed by atoms with van der Waals surface area (Å²) in [5.41, 5.74) is 6.75. The lowest BCUT2D eigenvalue weighted by Crippen LogP contribution is -2.55. The first kappa shape index (κ1) is 18.7. The summed E-state index contributed by atoms with van der Waals surface area (Å²) in [6.45, 7) is 3.39. The Morgan fingerprint density at radius 3 is 2.93 bits per heavy atom. The molecular formula is C19H26N6O3. The fourth-order valence-corrected chi connectivity index (χ4v) is 4.22. The van der Waals surface area contributed by atoms with Crippen molar-refractivity contribution in [2.24, 2.45) is 5.92 Å². The second-order valence-corrected chi connectivity index (χ2v) is 7.78. The zero-order valence-electron chi connectivity index (χ0n) is 16.0. The molecule has 2 amide bonds. The van der Waals surface area contributed by atoms with Crippen LogP contribution in [-0.4, -0.2) is 57.2 Å². The van der Waals surface area contributed by atoms with Crippen molar-refractivity contribution in [1.29, 1.82) is 0 Å². The minimum Gasteiger partial charge on any atom is -0.383 e. The van der Waals surface area contributed by atoms with Gasteiger partial charge in [-0.05, 0) is 38.0 Å². The number of H-pyrrole nitrogens is 1. The van der Waals surface area contributed by atoms with Crippen molar-refractivity contribution in [3.8, 4) is 0 Å². The summed E-state index contributed by atoms with van der Waals surface area (Å²) >= 11 is 0. The molecule has 2 aromatic heterocycles. The number of carbonyl (C=O) groups is 2. The molecule has 2 aliphatic heterocycles. The van der Waals surface area contributed by atoms with E-state index in [2.05, 4.69) is 27.4 Å². The highest BCUT2D eigenvalue weighted by atomic mass is 16.5. The van der Waals surface area contributed by atoms with Crippen molar-refractivity contribution in [2.75, 3.05) is 24.2 Å². The van der Waals surface area contributed by atoms with Crippen LogP contribution in [-0.2, 0) is 14.3 Å². The number of piperidine rings is 1. The lowest BCUT2D eigenvalue weighted by atomic mass is 9.88. The highest BCUT2D eigenvalue weighted by Crippen LogP contribution is 2.30. The van der Waals surface area contributed by atoms with Crippen molar-refractivity contribution in [1.82, 2.24) is 20.1 Å². The average molecular weight is 386 g/mol. The largest absolute Gasteiger partial charge is 0.383 e. The number of anilines is 2. The molecule has 0 aromatic carbocycles. The number of hydrogen-bond acceptors (Lipinski definition) is 6. The second kappa shape index (κ2) is 7.75. The topological polar surface area (TPSA) is 126 Å². The van der Waals surface area contributed by atoms with Gasteiger partial charge >= 0.3 is 11.8 Å². The maximum Gasteiger partial charge on any atom is 0.314 e. The molecule has 3 atom stereocenters. The van der Waals surface area contributed by atoms with Gasteiger partial charge in [-0.1, -0.05) is 6.92 Å². The lowest BCUT2D eigenvalue weighted by Gasteiger charge is -2.43. The van der Waals surface area contributed by atoms with Crippen LogP contribution in [0.3, 0.4) is 0 Å². The number of aromatic amines is 1. The Bertz CT molecular complexity index is 876. The van der Waals surface area contributed by atoms with Crippen LogP contribution in [0, 0.1) is 5.92 Å². The molecule has 0 aliphatic carbocycles. The number of aromatic nitrogens is 3. The zero-order chi connectivity index (χ0) is 19.7. The van der Waals surface area contributed by atoms with Crippen LogP contribution in [0.5, 0.6) is 0 Å². The molecule has 1 unspecified atom stereocenters. The number of fused-ring (bicyclic) bond motifs is 1. The van der Waals surface area contributed by atoms with Gasteiger partial charge in [-0.15, -0.1) is 0 Å². The molecule has 2 aromatic rings. The van der Waals surface area contributed by atoms with Gasteiger partial charge in [0.15, 0.2) is 0 Å². The highest BCUT2D eigenvalue weighted by molar-refractivity contribution is 6.40. The van der Waals surface area contributed by atoms with Crippen LogP contribution in [0.15, 0.2) is 12.4 Å². The van der Waals surface area contributed by atoms with Crippen LogP contribution in [0.4, 0.5) is 11.5 Å². The molecule has 0 radical (unpaired) electrons. The number of nitrogens with two attached hydrogens (primary N) is 1. The Morgan fingerprint density at radius 1 is 1.29 bits per heavy atom. The van der Waals surface area contributed by atoms with E-state index in [4.69, 9.17) is 10.5 Å². The van der Waals surface area contributed by atoms with Gasteiger partial charge < -0.3 is 20.7 Å². The van der Waals surface area contributed by atoms with Crippen molar-refractivity contribution in [3.63, 3.8) is 0 Å². The quantitative estimate of drug-likeness (QED) is 0.674. The molecule has 0 saturated carbocycles. The fourth-order valence-electron chi connectivity index (χ4n) is 4.22. The first-order chi connectivity index (χ1) is 13.5. The average Bonchev–Trinajstić information content (AvgIpc) is 3.21. The van der Waals surface area contributed by atoms with Crippen LogP contribution in [0.25, 0.3) is 10.9 Å². The fraction of sp³-hybridized carbons (Fsp3) is 0.579. The predicted molar refractivity (Wildman–Crippen MR) is 104 cm³/mol. The number of rotatable bonds is 2. The molecule has 9 heteroatoms. The molecule has 2 aliphatic rings. The molecule has 4 N–H and O–H groups in total. The molecule has 28 heavy (non-hydrogen) atoms. The SMILES string of the molecule is C[C@H]1CC[C@H](C2CCCCO2)N(C(=O)C(=O)Nc2cnc(N)c3cn[nH]c23)C1. The van der Waals surface area contributed by atoms with E-state index in [1.54, 1.807) is 4.90 Å². The second-order valence-electron chi connectivity index (χ2n) is 7.78. The maximum atomic E-state index is 13.0. The van der Waals surface area contributed by atoms with E-state index < -0.39 is 11.8 Å². The third-order valence-electron chi connectivity index (χ3n) is 5.73. The summed E-state index contributed by atoms with van der Waals surface area (Å²) in [6, 6.07) is -0.0496. The standard InChI is InChI=1S/C19H26N6O3/c1-11-5-6-14(15-4-2-3-7-28-15)25(10-11)19(27)18(26)23-13-9-21-17(20)12-8-22-24-16(12)13/h8-9,11,14-15H,2-7,10H2,1H3,(H2,20,21)(H,22,24)(H,23,26)/t11-,14+,15?/m0/s1. The Balaban J connectivity index is 1.52. The Morgan fingerprint density at radius 2 is 2.14 bits per heavy atom. The first-order valence-electron chi connectivity index (χ1n) is 9.85. The maximum absolute atomic E-state index is 13.0. The normalized spacial score (nSPS) is 25.6. The number of likely N-dealkylation sites (tertiary alicyclic amines) is 1. The Labute approximate surface area is 163 Å². The number of nitrogens with one attached hydrogen (secondary N) is 2. The van der Waals surface area contributed by atoms with E-state index in [9.17, 15) is 9.59 Å². The van der Waals surface area contributed by atoms with Gasteiger partial charge in [0.05, 0.1) is 41.1 Å². The molecule has 2 fully saturated rings. The Hall–Kier alpha value is -2.68. The van der Waals surface area contributed by atoms with E-state index in [0.717, 1.165) is 38.7 Å². The molecule has 0 spiro atoms. The lowest BCUT2D eigenvalue weighted by molar-refractivity contribution is -0.151.